The third-order valence-electron chi connectivity index (χ3n) is 2.57. The van der Waals surface area contributed by atoms with Crippen molar-refractivity contribution in [3.63, 3.8) is 0 Å². The molecule has 0 spiro atoms. The molecule has 0 aliphatic carbocycles. The van der Waals surface area contributed by atoms with E-state index < -0.39 is 0 Å². The molecule has 1 amide bonds. The van der Waals surface area contributed by atoms with Crippen molar-refractivity contribution in [2.45, 2.75) is 13.3 Å². The Kier molecular flexibility index (Phi) is 8.14. The molecule has 0 heterocycles. The van der Waals surface area contributed by atoms with E-state index in [1.54, 1.807) is 7.11 Å². The Morgan fingerprint density at radius 1 is 1.38 bits per heavy atom. The van der Waals surface area contributed by atoms with Crippen molar-refractivity contribution in [1.29, 1.82) is 0 Å². The number of carbonyl (C=O) groups is 1. The van der Waals surface area contributed by atoms with Gasteiger partial charge in [-0.1, -0.05) is 17.9 Å². The zero-order valence-corrected chi connectivity index (χ0v) is 12.4. The van der Waals surface area contributed by atoms with Gasteiger partial charge < -0.3 is 19.9 Å². The number of nitrogens with one attached hydrogen (secondary N) is 1. The van der Waals surface area contributed by atoms with Gasteiger partial charge in [0.15, 0.2) is 0 Å². The average molecular weight is 291 g/mol. The molecule has 5 nitrogen and oxygen atoms in total. The van der Waals surface area contributed by atoms with Crippen LogP contribution in [0.15, 0.2) is 18.2 Å². The SMILES string of the molecule is COCCOCC(=O)Nc1ccc(C)cc1C#CCCO. The van der Waals surface area contributed by atoms with E-state index in [0.717, 1.165) is 11.1 Å². The van der Waals surface area contributed by atoms with Crippen LogP contribution in [0.5, 0.6) is 0 Å². The zero-order valence-electron chi connectivity index (χ0n) is 12.4. The molecule has 0 saturated carbocycles. The summed E-state index contributed by atoms with van der Waals surface area (Å²) in [6.07, 6.45) is 0.404. The molecule has 0 aliphatic rings. The van der Waals surface area contributed by atoms with Crippen LogP contribution in [-0.2, 0) is 14.3 Å². The third-order valence-corrected chi connectivity index (χ3v) is 2.57. The number of ether oxygens (including phenoxy) is 2. The van der Waals surface area contributed by atoms with Crippen LogP contribution in [0, 0.1) is 18.8 Å². The standard InChI is InChI=1S/C16H21NO4/c1-13-6-7-15(14(11-13)5-3-4-8-18)17-16(19)12-21-10-9-20-2/h6-7,11,18H,4,8-10,12H2,1-2H3,(H,17,19). The van der Waals surface area contributed by atoms with Gasteiger partial charge in [0.1, 0.15) is 6.61 Å². The minimum absolute atomic E-state index is 0.0217. The maximum atomic E-state index is 11.8. The van der Waals surface area contributed by atoms with Gasteiger partial charge in [0.2, 0.25) is 5.91 Å². The van der Waals surface area contributed by atoms with Gasteiger partial charge in [-0.25, -0.2) is 0 Å². The summed E-state index contributed by atoms with van der Waals surface area (Å²) in [7, 11) is 1.58. The Balaban J connectivity index is 2.65. The summed E-state index contributed by atoms with van der Waals surface area (Å²) in [4.78, 5) is 11.8. The Labute approximate surface area is 125 Å². The van der Waals surface area contributed by atoms with Gasteiger partial charge in [0, 0.05) is 19.1 Å². The Hall–Kier alpha value is -1.87. The number of aliphatic hydroxyl groups is 1. The topological polar surface area (TPSA) is 67.8 Å². The lowest BCUT2D eigenvalue weighted by molar-refractivity contribution is -0.121. The quantitative estimate of drug-likeness (QED) is 0.587. The Bertz CT molecular complexity index is 517. The van der Waals surface area contributed by atoms with Gasteiger partial charge >= 0.3 is 0 Å². The normalized spacial score (nSPS) is 9.86. The van der Waals surface area contributed by atoms with E-state index in [1.807, 2.05) is 25.1 Å². The van der Waals surface area contributed by atoms with Crippen LogP contribution in [0.2, 0.25) is 0 Å². The maximum absolute atomic E-state index is 11.8. The van der Waals surface area contributed by atoms with Crippen LogP contribution in [0.25, 0.3) is 0 Å². The molecular formula is C16H21NO4. The van der Waals surface area contributed by atoms with Gasteiger partial charge in [-0.15, -0.1) is 0 Å². The highest BCUT2D eigenvalue weighted by molar-refractivity contribution is 5.93. The minimum atomic E-state index is -0.236. The van der Waals surface area contributed by atoms with E-state index in [9.17, 15) is 4.79 Å². The molecule has 0 aromatic heterocycles. The molecule has 5 heteroatoms. The summed E-state index contributed by atoms with van der Waals surface area (Å²) in [5, 5.41) is 11.5. The van der Waals surface area contributed by atoms with E-state index in [1.165, 1.54) is 0 Å². The molecule has 0 atom stereocenters. The zero-order chi connectivity index (χ0) is 15.5. The molecule has 21 heavy (non-hydrogen) atoms. The number of benzene rings is 1. The van der Waals surface area contributed by atoms with Crippen LogP contribution >= 0.6 is 0 Å². The van der Waals surface area contributed by atoms with Gasteiger partial charge in [0.25, 0.3) is 0 Å². The van der Waals surface area contributed by atoms with Gasteiger partial charge in [-0.2, -0.15) is 0 Å². The third kappa shape index (κ3) is 6.91. The fourth-order valence-corrected chi connectivity index (χ4v) is 1.58. The van der Waals surface area contributed by atoms with E-state index in [-0.39, 0.29) is 19.1 Å². The molecule has 1 aromatic rings. The molecular weight excluding hydrogens is 270 g/mol. The first-order valence-electron chi connectivity index (χ1n) is 6.74. The van der Waals surface area contributed by atoms with Crippen molar-refractivity contribution in [3.8, 4) is 11.8 Å². The fourth-order valence-electron chi connectivity index (χ4n) is 1.58. The van der Waals surface area contributed by atoms with Crippen LogP contribution < -0.4 is 5.32 Å². The van der Waals surface area contributed by atoms with Crippen LogP contribution in [0.1, 0.15) is 17.5 Å². The molecule has 1 aromatic carbocycles. The number of anilines is 1. The van der Waals surface area contributed by atoms with Gasteiger partial charge in [0.05, 0.1) is 25.5 Å². The lowest BCUT2D eigenvalue weighted by atomic mass is 10.1. The number of amides is 1. The average Bonchev–Trinajstić information content (AvgIpc) is 2.47. The smallest absolute Gasteiger partial charge is 0.250 e. The van der Waals surface area contributed by atoms with Crippen LogP contribution in [0.4, 0.5) is 5.69 Å². The lowest BCUT2D eigenvalue weighted by Gasteiger charge is -2.09. The minimum Gasteiger partial charge on any atom is -0.395 e. The number of hydrogen-bond donors (Lipinski definition) is 2. The predicted octanol–water partition coefficient (Wildman–Crippen LogP) is 1.33. The highest BCUT2D eigenvalue weighted by Gasteiger charge is 2.06. The second-order valence-electron chi connectivity index (χ2n) is 4.42. The van der Waals surface area contributed by atoms with Crippen molar-refractivity contribution in [1.82, 2.24) is 0 Å². The molecule has 0 aliphatic heterocycles. The Morgan fingerprint density at radius 3 is 2.90 bits per heavy atom. The van der Waals surface area contributed by atoms with Crippen molar-refractivity contribution < 1.29 is 19.4 Å². The highest BCUT2D eigenvalue weighted by atomic mass is 16.5. The molecule has 0 saturated heterocycles. The van der Waals surface area contributed by atoms with Crippen molar-refractivity contribution in [3.05, 3.63) is 29.3 Å². The highest BCUT2D eigenvalue weighted by Crippen LogP contribution is 2.16. The van der Waals surface area contributed by atoms with Crippen LogP contribution in [0.3, 0.4) is 0 Å². The number of aryl methyl sites for hydroxylation is 1. The molecule has 114 valence electrons. The van der Waals surface area contributed by atoms with E-state index in [4.69, 9.17) is 14.6 Å². The number of carbonyl (C=O) groups excluding carboxylic acids is 1. The largest absolute Gasteiger partial charge is 0.395 e. The summed E-state index contributed by atoms with van der Waals surface area (Å²) in [5.74, 6) is 5.57. The summed E-state index contributed by atoms with van der Waals surface area (Å²) in [5.41, 5.74) is 2.43. The number of aliphatic hydroxyl groups excluding tert-OH is 1. The molecule has 1 rings (SSSR count). The number of methoxy groups -OCH3 is 1. The fraction of sp³-hybridized carbons (Fsp3) is 0.438. The molecule has 2 N–H and O–H groups in total. The monoisotopic (exact) mass is 291 g/mol. The maximum Gasteiger partial charge on any atom is 0.250 e. The van der Waals surface area contributed by atoms with Gasteiger partial charge in [-0.05, 0) is 24.6 Å². The van der Waals surface area contributed by atoms with Crippen molar-refractivity contribution >= 4 is 11.6 Å². The summed E-state index contributed by atoms with van der Waals surface area (Å²) < 4.78 is 10.00. The molecule has 0 bridgehead atoms. The number of rotatable bonds is 7. The Morgan fingerprint density at radius 2 is 2.19 bits per heavy atom. The second kappa shape index (κ2) is 9.94. The van der Waals surface area contributed by atoms with Crippen molar-refractivity contribution in [2.75, 3.05) is 38.9 Å². The molecule has 0 radical (unpaired) electrons. The van der Waals surface area contributed by atoms with E-state index in [0.29, 0.717) is 25.3 Å². The molecule has 0 fully saturated rings. The van der Waals surface area contributed by atoms with Gasteiger partial charge in [-0.3, -0.25) is 4.79 Å². The first-order valence-corrected chi connectivity index (χ1v) is 6.74. The number of hydrogen-bond acceptors (Lipinski definition) is 4. The first kappa shape index (κ1) is 17.2. The van der Waals surface area contributed by atoms with Crippen LogP contribution in [-0.4, -0.2) is 44.6 Å². The lowest BCUT2D eigenvalue weighted by Crippen LogP contribution is -2.20. The van der Waals surface area contributed by atoms with E-state index >= 15 is 0 Å². The summed E-state index contributed by atoms with van der Waals surface area (Å²) in [6.45, 7) is 2.78. The molecule has 0 unspecified atom stereocenters. The summed E-state index contributed by atoms with van der Waals surface area (Å²) in [6, 6.07) is 5.61. The van der Waals surface area contributed by atoms with E-state index in [2.05, 4.69) is 17.2 Å². The predicted molar refractivity (Wildman–Crippen MR) is 81.1 cm³/mol. The second-order valence-corrected chi connectivity index (χ2v) is 4.42. The summed E-state index contributed by atoms with van der Waals surface area (Å²) >= 11 is 0. The van der Waals surface area contributed by atoms with Crippen molar-refractivity contribution in [2.24, 2.45) is 0 Å². The first-order chi connectivity index (χ1) is 10.2.